The zero-order valence-electron chi connectivity index (χ0n) is 12.8. The van der Waals surface area contributed by atoms with E-state index in [1.54, 1.807) is 13.1 Å². The lowest BCUT2D eigenvalue weighted by molar-refractivity contribution is -0.137. The summed E-state index contributed by atoms with van der Waals surface area (Å²) >= 11 is 0. The second-order valence-corrected chi connectivity index (χ2v) is 5.16. The Morgan fingerprint density at radius 3 is 2.46 bits per heavy atom. The molecule has 1 N–H and O–H groups in total. The molecular weight excluding hydrogens is 322 g/mol. The molecule has 0 atom stereocenters. The minimum atomic E-state index is -4.49. The molecule has 0 heterocycles. The average molecular weight is 337 g/mol. The van der Waals surface area contributed by atoms with Gasteiger partial charge in [0.25, 0.3) is 0 Å². The van der Waals surface area contributed by atoms with E-state index in [0.29, 0.717) is 5.56 Å². The number of rotatable bonds is 5. The highest BCUT2D eigenvalue weighted by atomic mass is 19.4. The van der Waals surface area contributed by atoms with Crippen LogP contribution in [0, 0.1) is 5.82 Å². The molecule has 2 aromatic carbocycles. The normalized spacial score (nSPS) is 12.1. The van der Waals surface area contributed by atoms with Crippen molar-refractivity contribution in [2.45, 2.75) is 12.6 Å². The van der Waals surface area contributed by atoms with Crippen molar-refractivity contribution < 1.29 is 22.4 Å². The summed E-state index contributed by atoms with van der Waals surface area (Å²) in [4.78, 5) is 12.5. The van der Waals surface area contributed by atoms with Crippen molar-refractivity contribution >= 4 is 11.4 Å². The summed E-state index contributed by atoms with van der Waals surface area (Å²) < 4.78 is 51.8. The standard InChI is InChI=1S/C18H15F4NO/c1-23-11-16(13-5-3-6-14(10-13)18(20,21)22)17(24)9-12-4-2-7-15(19)8-12/h2-8,10-11,23H,9H2,1H3. The van der Waals surface area contributed by atoms with E-state index in [-0.39, 0.29) is 17.6 Å². The Kier molecular flexibility index (Phi) is 5.39. The summed E-state index contributed by atoms with van der Waals surface area (Å²) in [6.07, 6.45) is -3.26. The van der Waals surface area contributed by atoms with Crippen LogP contribution in [0.25, 0.3) is 5.57 Å². The van der Waals surface area contributed by atoms with Crippen LogP contribution in [0.2, 0.25) is 0 Å². The van der Waals surface area contributed by atoms with Crippen molar-refractivity contribution in [2.24, 2.45) is 0 Å². The highest BCUT2D eigenvalue weighted by Crippen LogP contribution is 2.31. The third-order valence-corrected chi connectivity index (χ3v) is 3.34. The summed E-state index contributed by atoms with van der Waals surface area (Å²) in [7, 11) is 1.54. The number of nitrogens with one attached hydrogen (secondary N) is 1. The quantitative estimate of drug-likeness (QED) is 0.654. The number of halogens is 4. The van der Waals surface area contributed by atoms with Crippen molar-refractivity contribution in [3.05, 3.63) is 77.2 Å². The van der Waals surface area contributed by atoms with Crippen molar-refractivity contribution in [1.82, 2.24) is 5.32 Å². The highest BCUT2D eigenvalue weighted by Gasteiger charge is 2.30. The molecule has 0 aliphatic carbocycles. The number of carbonyl (C=O) groups is 1. The SMILES string of the molecule is CNC=C(C(=O)Cc1cccc(F)c1)c1cccc(C(F)(F)F)c1. The van der Waals surface area contributed by atoms with Gasteiger partial charge in [-0.3, -0.25) is 4.79 Å². The number of ketones is 1. The molecule has 24 heavy (non-hydrogen) atoms. The summed E-state index contributed by atoms with van der Waals surface area (Å²) in [5, 5.41) is 2.66. The Morgan fingerprint density at radius 2 is 1.83 bits per heavy atom. The fourth-order valence-corrected chi connectivity index (χ4v) is 2.26. The van der Waals surface area contributed by atoms with E-state index in [2.05, 4.69) is 5.32 Å². The fourth-order valence-electron chi connectivity index (χ4n) is 2.26. The van der Waals surface area contributed by atoms with Gasteiger partial charge >= 0.3 is 6.18 Å². The van der Waals surface area contributed by atoms with Crippen molar-refractivity contribution in [1.29, 1.82) is 0 Å². The molecule has 0 aliphatic rings. The van der Waals surface area contributed by atoms with Gasteiger partial charge in [-0.1, -0.05) is 24.3 Å². The van der Waals surface area contributed by atoms with Gasteiger partial charge in [0.05, 0.1) is 5.56 Å². The van der Waals surface area contributed by atoms with Crippen LogP contribution in [0.4, 0.5) is 17.6 Å². The van der Waals surface area contributed by atoms with Crippen molar-refractivity contribution in [2.75, 3.05) is 7.05 Å². The van der Waals surface area contributed by atoms with Gasteiger partial charge < -0.3 is 5.32 Å². The predicted octanol–water partition coefficient (Wildman–Crippen LogP) is 4.22. The third-order valence-electron chi connectivity index (χ3n) is 3.34. The Balaban J connectivity index is 2.33. The van der Waals surface area contributed by atoms with E-state index in [1.165, 1.54) is 36.5 Å². The van der Waals surface area contributed by atoms with Gasteiger partial charge in [-0.2, -0.15) is 13.2 Å². The van der Waals surface area contributed by atoms with Crippen molar-refractivity contribution in [3.8, 4) is 0 Å². The minimum Gasteiger partial charge on any atom is -0.393 e. The highest BCUT2D eigenvalue weighted by molar-refractivity contribution is 6.21. The smallest absolute Gasteiger partial charge is 0.393 e. The van der Waals surface area contributed by atoms with Gasteiger partial charge in [0, 0.05) is 25.2 Å². The lowest BCUT2D eigenvalue weighted by Crippen LogP contribution is -2.11. The average Bonchev–Trinajstić information content (AvgIpc) is 2.52. The lowest BCUT2D eigenvalue weighted by atomic mass is 9.96. The van der Waals surface area contributed by atoms with Gasteiger partial charge in [0.15, 0.2) is 5.78 Å². The maximum absolute atomic E-state index is 13.2. The minimum absolute atomic E-state index is 0.105. The number of Topliss-reactive ketones (excluding diaryl/α,β-unsaturated/α-hetero) is 1. The lowest BCUT2D eigenvalue weighted by Gasteiger charge is -2.11. The summed E-state index contributed by atoms with van der Waals surface area (Å²) in [5.74, 6) is -0.882. The molecule has 0 radical (unpaired) electrons. The van der Waals surface area contributed by atoms with Gasteiger partial charge in [-0.15, -0.1) is 0 Å². The van der Waals surface area contributed by atoms with Crippen LogP contribution in [0.1, 0.15) is 16.7 Å². The number of hydrogen-bond acceptors (Lipinski definition) is 2. The number of hydrogen-bond donors (Lipinski definition) is 1. The largest absolute Gasteiger partial charge is 0.416 e. The number of carbonyl (C=O) groups excluding carboxylic acids is 1. The third kappa shape index (κ3) is 4.44. The molecule has 0 aromatic heterocycles. The fraction of sp³-hybridized carbons (Fsp3) is 0.167. The molecule has 6 heteroatoms. The van der Waals surface area contributed by atoms with Crippen LogP contribution in [0.3, 0.4) is 0 Å². The van der Waals surface area contributed by atoms with Gasteiger partial charge in [-0.25, -0.2) is 4.39 Å². The number of allylic oxidation sites excluding steroid dienone is 1. The Hall–Kier alpha value is -2.63. The van der Waals surface area contributed by atoms with Gasteiger partial charge in [0.2, 0.25) is 0 Å². The first-order valence-corrected chi connectivity index (χ1v) is 7.14. The van der Waals surface area contributed by atoms with Crippen LogP contribution in [-0.2, 0) is 17.4 Å². The molecule has 0 bridgehead atoms. The molecule has 2 aromatic rings. The van der Waals surface area contributed by atoms with E-state index in [0.717, 1.165) is 12.1 Å². The molecule has 0 spiro atoms. The monoisotopic (exact) mass is 337 g/mol. The predicted molar refractivity (Wildman–Crippen MR) is 83.6 cm³/mol. The topological polar surface area (TPSA) is 29.1 Å². The Morgan fingerprint density at radius 1 is 1.12 bits per heavy atom. The molecule has 0 aliphatic heterocycles. The zero-order chi connectivity index (χ0) is 17.7. The molecule has 0 unspecified atom stereocenters. The first kappa shape index (κ1) is 17.7. The second-order valence-electron chi connectivity index (χ2n) is 5.16. The summed E-state index contributed by atoms with van der Waals surface area (Å²) in [5.41, 5.74) is -0.122. The molecule has 0 fully saturated rings. The molecule has 0 saturated carbocycles. The van der Waals surface area contributed by atoms with E-state index >= 15 is 0 Å². The maximum atomic E-state index is 13.2. The van der Waals surface area contributed by atoms with E-state index in [4.69, 9.17) is 0 Å². The van der Waals surface area contributed by atoms with Crippen LogP contribution in [0.15, 0.2) is 54.7 Å². The maximum Gasteiger partial charge on any atom is 0.416 e. The Labute approximate surface area is 136 Å². The molecule has 0 amide bonds. The van der Waals surface area contributed by atoms with E-state index in [9.17, 15) is 22.4 Å². The van der Waals surface area contributed by atoms with Crippen molar-refractivity contribution in [3.63, 3.8) is 0 Å². The van der Waals surface area contributed by atoms with Crippen LogP contribution in [0.5, 0.6) is 0 Å². The summed E-state index contributed by atoms with van der Waals surface area (Å²) in [6, 6.07) is 10.1. The first-order chi connectivity index (χ1) is 11.3. The van der Waals surface area contributed by atoms with E-state index in [1.807, 2.05) is 0 Å². The molecule has 126 valence electrons. The van der Waals surface area contributed by atoms with Gasteiger partial charge in [0.1, 0.15) is 5.82 Å². The molecule has 2 nitrogen and oxygen atoms in total. The van der Waals surface area contributed by atoms with E-state index < -0.39 is 23.3 Å². The zero-order valence-corrected chi connectivity index (χ0v) is 12.8. The first-order valence-electron chi connectivity index (χ1n) is 7.14. The Bertz CT molecular complexity index is 766. The molecular formula is C18H15F4NO. The van der Waals surface area contributed by atoms with Crippen LogP contribution < -0.4 is 5.32 Å². The second kappa shape index (κ2) is 7.29. The number of alkyl halides is 3. The van der Waals surface area contributed by atoms with Crippen LogP contribution in [-0.4, -0.2) is 12.8 Å². The molecule has 2 rings (SSSR count). The summed E-state index contributed by atoms with van der Waals surface area (Å²) in [6.45, 7) is 0. The number of benzene rings is 2. The van der Waals surface area contributed by atoms with Gasteiger partial charge in [-0.05, 0) is 35.4 Å². The van der Waals surface area contributed by atoms with Crippen LogP contribution >= 0.6 is 0 Å². The molecule has 0 saturated heterocycles.